The number of pyridine rings is 1. The summed E-state index contributed by atoms with van der Waals surface area (Å²) in [6.07, 6.45) is 1.44. The molecule has 0 saturated heterocycles. The number of isothiocyanates is 1. The van der Waals surface area contributed by atoms with Crippen molar-refractivity contribution >= 4 is 23.2 Å². The minimum absolute atomic E-state index is 0.471. The Morgan fingerprint density at radius 3 is 2.82 bits per heavy atom. The second-order valence-corrected chi connectivity index (χ2v) is 1.90. The van der Waals surface area contributed by atoms with Crippen molar-refractivity contribution in [3.63, 3.8) is 0 Å². The predicted octanol–water partition coefficient (Wildman–Crippen LogP) is 1.69. The third-order valence-corrected chi connectivity index (χ3v) is 1.13. The normalized spacial score (nSPS) is 7.91. The third-order valence-electron chi connectivity index (χ3n) is 1.04. The summed E-state index contributed by atoms with van der Waals surface area (Å²) < 4.78 is 0. The lowest BCUT2D eigenvalue weighted by molar-refractivity contribution is 1.26. The SMILES string of the molecule is N#Cc1ccc(N=C=S)nc1. The summed E-state index contributed by atoms with van der Waals surface area (Å²) in [6, 6.07) is 5.18. The number of aromatic nitrogens is 1. The second-order valence-electron chi connectivity index (χ2n) is 1.72. The van der Waals surface area contributed by atoms with E-state index in [1.807, 2.05) is 6.07 Å². The molecule has 1 heterocycles. The van der Waals surface area contributed by atoms with Gasteiger partial charge in [0.15, 0.2) is 5.82 Å². The number of nitriles is 1. The zero-order chi connectivity index (χ0) is 8.10. The lowest BCUT2D eigenvalue weighted by Gasteiger charge is -1.87. The van der Waals surface area contributed by atoms with Crippen molar-refractivity contribution in [2.75, 3.05) is 0 Å². The summed E-state index contributed by atoms with van der Waals surface area (Å²) in [7, 11) is 0. The van der Waals surface area contributed by atoms with Gasteiger partial charge < -0.3 is 0 Å². The predicted molar refractivity (Wildman–Crippen MR) is 43.6 cm³/mol. The number of hydrogen-bond donors (Lipinski definition) is 0. The average molecular weight is 161 g/mol. The van der Waals surface area contributed by atoms with Crippen molar-refractivity contribution in [2.45, 2.75) is 0 Å². The molecule has 0 radical (unpaired) electrons. The molecule has 0 aliphatic rings. The molecule has 0 aliphatic heterocycles. The molecule has 52 valence electrons. The summed E-state index contributed by atoms with van der Waals surface area (Å²) in [4.78, 5) is 7.45. The van der Waals surface area contributed by atoms with Gasteiger partial charge in [-0.3, -0.25) is 0 Å². The van der Waals surface area contributed by atoms with Crippen LogP contribution in [0.5, 0.6) is 0 Å². The molecule has 0 unspecified atom stereocenters. The van der Waals surface area contributed by atoms with Crippen LogP contribution in [0.1, 0.15) is 5.56 Å². The molecule has 0 amide bonds. The van der Waals surface area contributed by atoms with Gasteiger partial charge in [0.1, 0.15) is 6.07 Å². The zero-order valence-corrected chi connectivity index (χ0v) is 6.30. The van der Waals surface area contributed by atoms with E-state index in [2.05, 4.69) is 27.4 Å². The van der Waals surface area contributed by atoms with Crippen LogP contribution in [-0.4, -0.2) is 10.1 Å². The third kappa shape index (κ3) is 1.94. The monoisotopic (exact) mass is 161 g/mol. The molecule has 11 heavy (non-hydrogen) atoms. The van der Waals surface area contributed by atoms with Crippen molar-refractivity contribution < 1.29 is 0 Å². The molecule has 0 aliphatic carbocycles. The van der Waals surface area contributed by atoms with Crippen LogP contribution in [0, 0.1) is 11.3 Å². The Morgan fingerprint density at radius 1 is 1.55 bits per heavy atom. The van der Waals surface area contributed by atoms with E-state index in [1.54, 1.807) is 12.1 Å². The lowest BCUT2D eigenvalue weighted by atomic mass is 10.3. The van der Waals surface area contributed by atoms with Gasteiger partial charge in [-0.2, -0.15) is 10.3 Å². The molecule has 0 aromatic carbocycles. The first-order valence-electron chi connectivity index (χ1n) is 2.81. The van der Waals surface area contributed by atoms with Crippen LogP contribution in [0.3, 0.4) is 0 Å². The number of rotatable bonds is 1. The van der Waals surface area contributed by atoms with Crippen molar-refractivity contribution in [3.8, 4) is 6.07 Å². The maximum absolute atomic E-state index is 8.40. The van der Waals surface area contributed by atoms with Gasteiger partial charge in [-0.1, -0.05) is 0 Å². The standard InChI is InChI=1S/C7H3N3S/c8-3-6-1-2-7(9-4-6)10-5-11/h1-2,4H. The molecule has 1 aromatic rings. The number of hydrogen-bond acceptors (Lipinski definition) is 4. The highest BCUT2D eigenvalue weighted by atomic mass is 32.1. The van der Waals surface area contributed by atoms with Crippen LogP contribution in [0.25, 0.3) is 0 Å². The molecular formula is C7H3N3S. The molecule has 0 bridgehead atoms. The van der Waals surface area contributed by atoms with Crippen molar-refractivity contribution in [1.29, 1.82) is 5.26 Å². The van der Waals surface area contributed by atoms with Gasteiger partial charge in [0.2, 0.25) is 0 Å². The van der Waals surface area contributed by atoms with Gasteiger partial charge in [-0.15, -0.1) is 0 Å². The van der Waals surface area contributed by atoms with E-state index >= 15 is 0 Å². The van der Waals surface area contributed by atoms with Gasteiger partial charge in [0.25, 0.3) is 0 Å². The van der Waals surface area contributed by atoms with Crippen LogP contribution >= 0.6 is 12.2 Å². The Hall–Kier alpha value is -1.56. The van der Waals surface area contributed by atoms with Gasteiger partial charge in [0.05, 0.1) is 10.7 Å². The molecule has 1 aromatic heterocycles. The molecule has 1 rings (SSSR count). The van der Waals surface area contributed by atoms with E-state index in [1.165, 1.54) is 6.20 Å². The highest BCUT2D eigenvalue weighted by Crippen LogP contribution is 2.05. The van der Waals surface area contributed by atoms with E-state index in [-0.39, 0.29) is 0 Å². The summed E-state index contributed by atoms with van der Waals surface area (Å²) in [6.45, 7) is 0. The first-order valence-corrected chi connectivity index (χ1v) is 3.21. The Bertz CT molecular complexity index is 330. The van der Waals surface area contributed by atoms with Crippen LogP contribution in [0.15, 0.2) is 23.3 Å². The first-order chi connectivity index (χ1) is 5.36. The Balaban J connectivity index is 3.02. The topological polar surface area (TPSA) is 49.0 Å². The molecule has 0 N–H and O–H groups in total. The number of thiocarbonyl (C=S) groups is 1. The van der Waals surface area contributed by atoms with Crippen LogP contribution in [0.2, 0.25) is 0 Å². The van der Waals surface area contributed by atoms with E-state index < -0.39 is 0 Å². The Kier molecular flexibility index (Phi) is 2.45. The van der Waals surface area contributed by atoms with Crippen LogP contribution < -0.4 is 0 Å². The highest BCUT2D eigenvalue weighted by Gasteiger charge is 1.90. The molecule has 3 nitrogen and oxygen atoms in total. The minimum Gasteiger partial charge on any atom is -0.235 e. The summed E-state index contributed by atoms with van der Waals surface area (Å²) in [5.41, 5.74) is 0.508. The van der Waals surface area contributed by atoms with Crippen molar-refractivity contribution in [3.05, 3.63) is 23.9 Å². The molecule has 0 spiro atoms. The lowest BCUT2D eigenvalue weighted by Crippen LogP contribution is -1.76. The second kappa shape index (κ2) is 3.57. The average Bonchev–Trinajstić information content (AvgIpc) is 2.07. The van der Waals surface area contributed by atoms with Gasteiger partial charge in [-0.25, -0.2) is 4.98 Å². The fraction of sp³-hybridized carbons (Fsp3) is 0. The molecule has 0 saturated carbocycles. The van der Waals surface area contributed by atoms with Gasteiger partial charge in [-0.05, 0) is 24.4 Å². The quantitative estimate of drug-likeness (QED) is 0.465. The van der Waals surface area contributed by atoms with Gasteiger partial charge >= 0.3 is 0 Å². The minimum atomic E-state index is 0.471. The largest absolute Gasteiger partial charge is 0.235 e. The molecule has 0 atom stereocenters. The van der Waals surface area contributed by atoms with E-state index in [4.69, 9.17) is 5.26 Å². The van der Waals surface area contributed by atoms with Crippen LogP contribution in [0.4, 0.5) is 5.82 Å². The molecule has 0 fully saturated rings. The molecular weight excluding hydrogens is 158 g/mol. The Labute approximate surface area is 69.0 Å². The summed E-state index contributed by atoms with van der Waals surface area (Å²) in [5, 5.41) is 10.6. The number of aliphatic imine (C=N–C) groups is 1. The summed E-state index contributed by atoms with van der Waals surface area (Å²) >= 11 is 4.37. The summed E-state index contributed by atoms with van der Waals surface area (Å²) in [5.74, 6) is 0.471. The van der Waals surface area contributed by atoms with Crippen molar-refractivity contribution in [2.24, 2.45) is 4.99 Å². The first kappa shape index (κ1) is 7.55. The molecule has 4 heteroatoms. The van der Waals surface area contributed by atoms with E-state index in [0.717, 1.165) is 0 Å². The maximum Gasteiger partial charge on any atom is 0.162 e. The number of nitrogens with zero attached hydrogens (tertiary/aromatic N) is 3. The Morgan fingerprint density at radius 2 is 2.36 bits per heavy atom. The highest BCUT2D eigenvalue weighted by molar-refractivity contribution is 7.78. The van der Waals surface area contributed by atoms with E-state index in [9.17, 15) is 0 Å². The fourth-order valence-corrected chi connectivity index (χ4v) is 0.659. The smallest absolute Gasteiger partial charge is 0.162 e. The fourth-order valence-electron chi connectivity index (χ4n) is 0.565. The van der Waals surface area contributed by atoms with Crippen molar-refractivity contribution in [1.82, 2.24) is 4.98 Å². The van der Waals surface area contributed by atoms with E-state index in [0.29, 0.717) is 11.4 Å². The van der Waals surface area contributed by atoms with Crippen LogP contribution in [-0.2, 0) is 0 Å². The maximum atomic E-state index is 8.40. The van der Waals surface area contributed by atoms with Gasteiger partial charge in [0, 0.05) is 6.20 Å². The zero-order valence-electron chi connectivity index (χ0n) is 5.48.